The van der Waals surface area contributed by atoms with Gasteiger partial charge in [-0.2, -0.15) is 0 Å². The van der Waals surface area contributed by atoms with Crippen LogP contribution in [0.2, 0.25) is 0 Å². The molecule has 0 amide bonds. The van der Waals surface area contributed by atoms with Crippen molar-refractivity contribution in [3.8, 4) is 0 Å². The molecule has 1 saturated carbocycles. The third-order valence-electron chi connectivity index (χ3n) is 2.63. The van der Waals surface area contributed by atoms with E-state index in [1.54, 1.807) is 0 Å². The van der Waals surface area contributed by atoms with Crippen LogP contribution in [0.1, 0.15) is 37.3 Å². The topological polar surface area (TPSA) is 37.8 Å². The fourth-order valence-corrected chi connectivity index (χ4v) is 1.81. The molecule has 0 aliphatic heterocycles. The number of rotatable bonds is 4. The van der Waals surface area contributed by atoms with Crippen molar-refractivity contribution in [1.82, 2.24) is 15.3 Å². The van der Waals surface area contributed by atoms with E-state index < -0.39 is 0 Å². The maximum atomic E-state index is 4.48. The van der Waals surface area contributed by atoms with E-state index in [9.17, 15) is 0 Å². The number of hydrogen-bond donors (Lipinski definition) is 1. The van der Waals surface area contributed by atoms with Crippen LogP contribution < -0.4 is 5.32 Å². The Morgan fingerprint density at radius 2 is 2.36 bits per heavy atom. The third-order valence-corrected chi connectivity index (χ3v) is 2.63. The molecule has 1 heterocycles. The van der Waals surface area contributed by atoms with E-state index in [1.165, 1.54) is 12.8 Å². The van der Waals surface area contributed by atoms with Gasteiger partial charge in [-0.1, -0.05) is 6.92 Å². The molecule has 0 aromatic carbocycles. The van der Waals surface area contributed by atoms with Gasteiger partial charge in [0.15, 0.2) is 0 Å². The Morgan fingerprint density at radius 3 is 2.93 bits per heavy atom. The van der Waals surface area contributed by atoms with E-state index in [4.69, 9.17) is 0 Å². The van der Waals surface area contributed by atoms with E-state index in [0.717, 1.165) is 24.0 Å². The van der Waals surface area contributed by atoms with Gasteiger partial charge < -0.3 is 5.32 Å². The lowest BCUT2D eigenvalue weighted by Gasteiger charge is -2.16. The number of hydrogen-bond acceptors (Lipinski definition) is 3. The minimum atomic E-state index is 0.446. The molecule has 14 heavy (non-hydrogen) atoms. The molecule has 2 rings (SSSR count). The summed E-state index contributed by atoms with van der Waals surface area (Å²) in [5.74, 6) is 1.66. The van der Waals surface area contributed by atoms with E-state index >= 15 is 0 Å². The Morgan fingerprint density at radius 1 is 1.57 bits per heavy atom. The Balaban J connectivity index is 2.16. The average Bonchev–Trinajstić information content (AvgIpc) is 2.97. The molecule has 1 aromatic heterocycles. The lowest BCUT2D eigenvalue weighted by atomic mass is 10.1. The van der Waals surface area contributed by atoms with Crippen molar-refractivity contribution in [3.63, 3.8) is 0 Å². The number of aromatic nitrogens is 2. The highest BCUT2D eigenvalue weighted by atomic mass is 15.0. The Hall–Kier alpha value is -0.960. The summed E-state index contributed by atoms with van der Waals surface area (Å²) < 4.78 is 0. The van der Waals surface area contributed by atoms with Gasteiger partial charge in [0.05, 0.1) is 11.7 Å². The zero-order valence-electron chi connectivity index (χ0n) is 8.83. The zero-order chi connectivity index (χ0) is 9.97. The molecule has 3 nitrogen and oxygen atoms in total. The molecule has 1 fully saturated rings. The summed E-state index contributed by atoms with van der Waals surface area (Å²) in [5, 5.41) is 3.50. The molecule has 3 heteroatoms. The SMILES string of the molecule is CCNC(c1ccnc(C)n1)C1CC1. The van der Waals surface area contributed by atoms with Crippen LogP contribution in [0.25, 0.3) is 0 Å². The highest BCUT2D eigenvalue weighted by molar-refractivity contribution is 5.11. The second kappa shape index (κ2) is 4.05. The second-order valence-electron chi connectivity index (χ2n) is 3.90. The van der Waals surface area contributed by atoms with Crippen LogP contribution in [-0.4, -0.2) is 16.5 Å². The Kier molecular flexibility index (Phi) is 2.77. The summed E-state index contributed by atoms with van der Waals surface area (Å²) in [7, 11) is 0. The highest BCUT2D eigenvalue weighted by Crippen LogP contribution is 2.40. The predicted molar refractivity (Wildman–Crippen MR) is 55.9 cm³/mol. The summed E-state index contributed by atoms with van der Waals surface area (Å²) in [6, 6.07) is 2.47. The lowest BCUT2D eigenvalue weighted by Crippen LogP contribution is -2.23. The first-order valence-electron chi connectivity index (χ1n) is 5.34. The molecule has 0 spiro atoms. The van der Waals surface area contributed by atoms with Crippen LogP contribution in [0.3, 0.4) is 0 Å². The monoisotopic (exact) mass is 191 g/mol. The molecular weight excluding hydrogens is 174 g/mol. The predicted octanol–water partition coefficient (Wildman–Crippen LogP) is 1.85. The fourth-order valence-electron chi connectivity index (χ4n) is 1.81. The fraction of sp³-hybridized carbons (Fsp3) is 0.636. The van der Waals surface area contributed by atoms with Gasteiger partial charge in [0.1, 0.15) is 5.82 Å². The zero-order valence-corrected chi connectivity index (χ0v) is 8.83. The number of nitrogens with one attached hydrogen (secondary N) is 1. The quantitative estimate of drug-likeness (QED) is 0.789. The van der Waals surface area contributed by atoms with Gasteiger partial charge >= 0.3 is 0 Å². The van der Waals surface area contributed by atoms with Crippen molar-refractivity contribution in [2.24, 2.45) is 5.92 Å². The van der Waals surface area contributed by atoms with Gasteiger partial charge in [0.25, 0.3) is 0 Å². The van der Waals surface area contributed by atoms with Crippen molar-refractivity contribution >= 4 is 0 Å². The number of nitrogens with zero attached hydrogens (tertiary/aromatic N) is 2. The van der Waals surface area contributed by atoms with Gasteiger partial charge in [-0.25, -0.2) is 9.97 Å². The third kappa shape index (κ3) is 2.10. The highest BCUT2D eigenvalue weighted by Gasteiger charge is 2.32. The molecule has 0 radical (unpaired) electrons. The summed E-state index contributed by atoms with van der Waals surface area (Å²) >= 11 is 0. The standard InChI is InChI=1S/C11H17N3/c1-3-12-11(9-4-5-9)10-6-7-13-8(2)14-10/h6-7,9,11-12H,3-5H2,1-2H3. The molecule has 0 bridgehead atoms. The second-order valence-corrected chi connectivity index (χ2v) is 3.90. The van der Waals surface area contributed by atoms with Crippen molar-refractivity contribution in [1.29, 1.82) is 0 Å². The summed E-state index contributed by atoms with van der Waals surface area (Å²) in [5.41, 5.74) is 1.15. The first kappa shape index (κ1) is 9.59. The summed E-state index contributed by atoms with van der Waals surface area (Å²) in [6.45, 7) is 5.09. The van der Waals surface area contributed by atoms with Crippen molar-refractivity contribution in [2.45, 2.75) is 32.7 Å². The first-order valence-corrected chi connectivity index (χ1v) is 5.34. The average molecular weight is 191 g/mol. The summed E-state index contributed by atoms with van der Waals surface area (Å²) in [4.78, 5) is 8.60. The van der Waals surface area contributed by atoms with E-state index in [-0.39, 0.29) is 0 Å². The maximum absolute atomic E-state index is 4.48. The van der Waals surface area contributed by atoms with Crippen molar-refractivity contribution in [2.75, 3.05) is 6.54 Å². The largest absolute Gasteiger partial charge is 0.309 e. The van der Waals surface area contributed by atoms with E-state index in [0.29, 0.717) is 6.04 Å². The van der Waals surface area contributed by atoms with Crippen LogP contribution in [0.15, 0.2) is 12.3 Å². The lowest BCUT2D eigenvalue weighted by molar-refractivity contribution is 0.482. The minimum absolute atomic E-state index is 0.446. The van der Waals surface area contributed by atoms with Crippen LogP contribution in [-0.2, 0) is 0 Å². The molecule has 1 N–H and O–H groups in total. The molecule has 1 atom stereocenters. The minimum Gasteiger partial charge on any atom is -0.309 e. The maximum Gasteiger partial charge on any atom is 0.125 e. The molecule has 76 valence electrons. The van der Waals surface area contributed by atoms with Gasteiger partial charge in [-0.15, -0.1) is 0 Å². The number of aryl methyl sites for hydroxylation is 1. The van der Waals surface area contributed by atoms with Gasteiger partial charge in [-0.05, 0) is 38.3 Å². The molecule has 1 unspecified atom stereocenters. The van der Waals surface area contributed by atoms with Crippen LogP contribution in [0.4, 0.5) is 0 Å². The molecule has 1 aliphatic rings. The molecular formula is C11H17N3. The van der Waals surface area contributed by atoms with Gasteiger partial charge in [0, 0.05) is 6.20 Å². The Bertz CT molecular complexity index is 307. The molecule has 1 aromatic rings. The van der Waals surface area contributed by atoms with E-state index in [1.807, 2.05) is 19.2 Å². The molecule has 1 aliphatic carbocycles. The van der Waals surface area contributed by atoms with Crippen LogP contribution in [0, 0.1) is 12.8 Å². The van der Waals surface area contributed by atoms with Crippen molar-refractivity contribution < 1.29 is 0 Å². The van der Waals surface area contributed by atoms with Crippen LogP contribution in [0.5, 0.6) is 0 Å². The van der Waals surface area contributed by atoms with Crippen LogP contribution >= 0.6 is 0 Å². The van der Waals surface area contributed by atoms with Gasteiger partial charge in [0.2, 0.25) is 0 Å². The molecule has 0 saturated heterocycles. The van der Waals surface area contributed by atoms with Crippen molar-refractivity contribution in [3.05, 3.63) is 23.8 Å². The first-order chi connectivity index (χ1) is 6.81. The summed E-state index contributed by atoms with van der Waals surface area (Å²) in [6.07, 6.45) is 4.52. The van der Waals surface area contributed by atoms with E-state index in [2.05, 4.69) is 22.2 Å². The smallest absolute Gasteiger partial charge is 0.125 e. The Labute approximate surface area is 85.0 Å². The van der Waals surface area contributed by atoms with Gasteiger partial charge in [-0.3, -0.25) is 0 Å². The normalized spacial score (nSPS) is 18.1.